The Kier molecular flexibility index (Phi) is 8.06. The lowest BCUT2D eigenvalue weighted by atomic mass is 9.97. The quantitative estimate of drug-likeness (QED) is 0.604. The second kappa shape index (κ2) is 10.8. The molecule has 1 aliphatic rings. The molecule has 1 aromatic carbocycles. The molecule has 1 aliphatic heterocycles. The molecule has 0 unspecified atom stereocenters. The summed E-state index contributed by atoms with van der Waals surface area (Å²) in [5.41, 5.74) is 0.154. The van der Waals surface area contributed by atoms with Crippen LogP contribution in [0.15, 0.2) is 40.6 Å². The SMILES string of the molecule is CCOC(=O)NC(=O)c1ccsc1NC(=O)C1CCN(S(=O)(=O)c2ccc(OC)cc2)CC1. The highest BCUT2D eigenvalue weighted by molar-refractivity contribution is 7.89. The van der Waals surface area contributed by atoms with Gasteiger partial charge in [0.15, 0.2) is 0 Å². The maximum Gasteiger partial charge on any atom is 0.414 e. The third kappa shape index (κ3) is 5.89. The van der Waals surface area contributed by atoms with Gasteiger partial charge in [-0.05, 0) is 55.5 Å². The predicted octanol–water partition coefficient (Wildman–Crippen LogP) is 2.68. The summed E-state index contributed by atoms with van der Waals surface area (Å²) >= 11 is 1.15. The number of rotatable bonds is 7. The molecule has 10 nitrogen and oxygen atoms in total. The van der Waals surface area contributed by atoms with E-state index < -0.39 is 27.9 Å². The van der Waals surface area contributed by atoms with Gasteiger partial charge in [0.25, 0.3) is 5.91 Å². The number of alkyl carbamates (subject to hydrolysis) is 1. The summed E-state index contributed by atoms with van der Waals surface area (Å²) in [6.45, 7) is 2.15. The predicted molar refractivity (Wildman–Crippen MR) is 122 cm³/mol. The molecule has 33 heavy (non-hydrogen) atoms. The molecule has 178 valence electrons. The first-order chi connectivity index (χ1) is 15.8. The first-order valence-electron chi connectivity index (χ1n) is 10.3. The lowest BCUT2D eigenvalue weighted by Crippen LogP contribution is -2.41. The summed E-state index contributed by atoms with van der Waals surface area (Å²) in [5.74, 6) is -0.821. The summed E-state index contributed by atoms with van der Waals surface area (Å²) in [7, 11) is -2.16. The van der Waals surface area contributed by atoms with Crippen LogP contribution in [-0.4, -0.2) is 57.4 Å². The van der Waals surface area contributed by atoms with Crippen molar-refractivity contribution in [2.45, 2.75) is 24.7 Å². The van der Waals surface area contributed by atoms with Crippen LogP contribution in [0.3, 0.4) is 0 Å². The monoisotopic (exact) mass is 495 g/mol. The lowest BCUT2D eigenvalue weighted by molar-refractivity contribution is -0.120. The number of carbonyl (C=O) groups is 3. The summed E-state index contributed by atoms with van der Waals surface area (Å²) in [5, 5.41) is 6.76. The smallest absolute Gasteiger partial charge is 0.414 e. The minimum atomic E-state index is -3.67. The van der Waals surface area contributed by atoms with Crippen LogP contribution in [0.4, 0.5) is 9.80 Å². The van der Waals surface area contributed by atoms with Gasteiger partial charge in [0.2, 0.25) is 15.9 Å². The highest BCUT2D eigenvalue weighted by atomic mass is 32.2. The summed E-state index contributed by atoms with van der Waals surface area (Å²) in [4.78, 5) is 36.7. The van der Waals surface area contributed by atoms with Gasteiger partial charge < -0.3 is 14.8 Å². The van der Waals surface area contributed by atoms with Gasteiger partial charge in [-0.3, -0.25) is 14.9 Å². The molecular weight excluding hydrogens is 470 g/mol. The Labute approximate surface area is 195 Å². The average molecular weight is 496 g/mol. The second-order valence-corrected chi connectivity index (χ2v) is 10.0. The van der Waals surface area contributed by atoms with E-state index in [9.17, 15) is 22.8 Å². The molecule has 0 aliphatic carbocycles. The largest absolute Gasteiger partial charge is 0.497 e. The Bertz CT molecular complexity index is 1110. The molecule has 0 saturated carbocycles. The summed E-state index contributed by atoms with van der Waals surface area (Å²) < 4.78 is 36.9. The number of thiophene rings is 1. The van der Waals surface area contributed by atoms with Crippen molar-refractivity contribution in [1.82, 2.24) is 9.62 Å². The number of nitrogens with zero attached hydrogens (tertiary/aromatic N) is 1. The number of nitrogens with one attached hydrogen (secondary N) is 2. The molecule has 0 atom stereocenters. The van der Waals surface area contributed by atoms with Crippen molar-refractivity contribution < 1.29 is 32.3 Å². The van der Waals surface area contributed by atoms with Crippen LogP contribution in [-0.2, 0) is 19.6 Å². The summed E-state index contributed by atoms with van der Waals surface area (Å²) in [6.07, 6.45) is -0.176. The van der Waals surface area contributed by atoms with Crippen LogP contribution in [0.1, 0.15) is 30.1 Å². The van der Waals surface area contributed by atoms with E-state index in [1.165, 1.54) is 29.6 Å². The van der Waals surface area contributed by atoms with Gasteiger partial charge in [-0.25, -0.2) is 13.2 Å². The molecule has 2 N–H and O–H groups in total. The Morgan fingerprint density at radius 1 is 1.12 bits per heavy atom. The zero-order chi connectivity index (χ0) is 24.0. The first-order valence-corrected chi connectivity index (χ1v) is 12.6. The zero-order valence-corrected chi connectivity index (χ0v) is 19.8. The molecule has 1 aromatic heterocycles. The van der Waals surface area contributed by atoms with E-state index in [0.29, 0.717) is 23.6 Å². The van der Waals surface area contributed by atoms with Crippen molar-refractivity contribution in [3.8, 4) is 5.75 Å². The molecule has 0 radical (unpaired) electrons. The molecule has 2 aromatic rings. The van der Waals surface area contributed by atoms with E-state index in [0.717, 1.165) is 11.3 Å². The lowest BCUT2D eigenvalue weighted by Gasteiger charge is -2.30. The second-order valence-electron chi connectivity index (χ2n) is 7.18. The van der Waals surface area contributed by atoms with Gasteiger partial charge in [0.1, 0.15) is 10.8 Å². The highest BCUT2D eigenvalue weighted by Gasteiger charge is 2.32. The Balaban J connectivity index is 1.58. The highest BCUT2D eigenvalue weighted by Crippen LogP contribution is 2.28. The van der Waals surface area contributed by atoms with Crippen molar-refractivity contribution in [2.24, 2.45) is 5.92 Å². The molecular formula is C21H25N3O7S2. The van der Waals surface area contributed by atoms with Crippen LogP contribution in [0.5, 0.6) is 5.75 Å². The van der Waals surface area contributed by atoms with Crippen LogP contribution in [0.2, 0.25) is 0 Å². The number of hydrogen-bond acceptors (Lipinski definition) is 8. The van der Waals surface area contributed by atoms with E-state index in [-0.39, 0.29) is 36.1 Å². The first kappa shape index (κ1) is 24.7. The Hall–Kier alpha value is -2.96. The third-order valence-corrected chi connectivity index (χ3v) is 7.90. The minimum absolute atomic E-state index is 0.124. The summed E-state index contributed by atoms with van der Waals surface area (Å²) in [6, 6.07) is 7.66. The molecule has 0 spiro atoms. The van der Waals surface area contributed by atoms with E-state index in [1.807, 2.05) is 0 Å². The van der Waals surface area contributed by atoms with E-state index in [4.69, 9.17) is 9.47 Å². The number of carbonyl (C=O) groups excluding carboxylic acids is 3. The number of sulfonamides is 1. The van der Waals surface area contributed by atoms with Crippen LogP contribution >= 0.6 is 11.3 Å². The van der Waals surface area contributed by atoms with Crippen molar-refractivity contribution in [2.75, 3.05) is 32.1 Å². The fourth-order valence-electron chi connectivity index (χ4n) is 3.38. The fourth-order valence-corrected chi connectivity index (χ4v) is 5.64. The van der Waals surface area contributed by atoms with Gasteiger partial charge in [0.05, 0.1) is 24.2 Å². The normalized spacial score (nSPS) is 15.0. The number of amides is 3. The van der Waals surface area contributed by atoms with Crippen LogP contribution < -0.4 is 15.4 Å². The number of piperidine rings is 1. The fraction of sp³-hybridized carbons (Fsp3) is 0.381. The Morgan fingerprint density at radius 3 is 2.39 bits per heavy atom. The Morgan fingerprint density at radius 2 is 1.79 bits per heavy atom. The average Bonchev–Trinajstić information content (AvgIpc) is 3.27. The van der Waals surface area contributed by atoms with Gasteiger partial charge >= 0.3 is 6.09 Å². The molecule has 2 heterocycles. The van der Waals surface area contributed by atoms with Crippen molar-refractivity contribution in [1.29, 1.82) is 0 Å². The van der Waals surface area contributed by atoms with Crippen LogP contribution in [0.25, 0.3) is 0 Å². The maximum absolute atomic E-state index is 12.9. The van der Waals surface area contributed by atoms with Crippen LogP contribution in [0, 0.1) is 5.92 Å². The third-order valence-electron chi connectivity index (χ3n) is 5.16. The number of anilines is 1. The van der Waals surface area contributed by atoms with Gasteiger partial charge in [-0.2, -0.15) is 4.31 Å². The minimum Gasteiger partial charge on any atom is -0.497 e. The van der Waals surface area contributed by atoms with Gasteiger partial charge in [0, 0.05) is 19.0 Å². The van der Waals surface area contributed by atoms with Crippen molar-refractivity contribution in [3.63, 3.8) is 0 Å². The number of methoxy groups -OCH3 is 1. The van der Waals surface area contributed by atoms with E-state index in [2.05, 4.69) is 10.6 Å². The zero-order valence-electron chi connectivity index (χ0n) is 18.2. The molecule has 1 fully saturated rings. The molecule has 12 heteroatoms. The number of ether oxygens (including phenoxy) is 2. The van der Waals surface area contributed by atoms with E-state index in [1.54, 1.807) is 24.4 Å². The molecule has 3 rings (SSSR count). The maximum atomic E-state index is 12.9. The van der Waals surface area contributed by atoms with Crippen molar-refractivity contribution in [3.05, 3.63) is 41.3 Å². The van der Waals surface area contributed by atoms with Gasteiger partial charge in [-0.1, -0.05) is 0 Å². The van der Waals surface area contributed by atoms with E-state index >= 15 is 0 Å². The topological polar surface area (TPSA) is 131 Å². The molecule has 1 saturated heterocycles. The number of benzene rings is 1. The standard InChI is InChI=1S/C21H25N3O7S2/c1-3-31-21(27)23-19(26)17-10-13-32-20(17)22-18(25)14-8-11-24(12-9-14)33(28,29)16-6-4-15(30-2)5-7-16/h4-7,10,13-14H,3,8-9,11-12H2,1-2H3,(H,22,25)(H,23,26,27). The van der Waals surface area contributed by atoms with Crippen molar-refractivity contribution >= 4 is 44.3 Å². The number of imide groups is 1. The van der Waals surface area contributed by atoms with Gasteiger partial charge in [-0.15, -0.1) is 11.3 Å². The number of hydrogen-bond donors (Lipinski definition) is 2. The molecule has 3 amide bonds. The molecule has 0 bridgehead atoms.